The number of imidazole rings is 1. The van der Waals surface area contributed by atoms with Crippen molar-refractivity contribution < 1.29 is 27.3 Å². The molecule has 0 amide bonds. The predicted octanol–water partition coefficient (Wildman–Crippen LogP) is 4.43. The number of alkyl halides is 3. The molecule has 10 nitrogen and oxygen atoms in total. The van der Waals surface area contributed by atoms with Crippen LogP contribution in [0, 0.1) is 11.3 Å². The molecule has 1 atom stereocenters. The van der Waals surface area contributed by atoms with E-state index in [0.29, 0.717) is 29.7 Å². The second-order valence-electron chi connectivity index (χ2n) is 10.2. The number of methoxy groups -OCH3 is 1. The number of H-pyrrole nitrogens is 1. The van der Waals surface area contributed by atoms with Crippen LogP contribution in [0.25, 0.3) is 5.65 Å². The Morgan fingerprint density at radius 3 is 2.70 bits per heavy atom. The summed E-state index contributed by atoms with van der Waals surface area (Å²) < 4.78 is 51.3. The number of nitrogens with zero attached hydrogens (tertiary/aromatic N) is 6. The number of aryl methyl sites for hydroxylation is 2. The number of nitriles is 1. The summed E-state index contributed by atoms with van der Waals surface area (Å²) in [6.07, 6.45) is 1.58. The highest BCUT2D eigenvalue weighted by atomic mass is 19.4. The molecule has 6 rings (SSSR count). The molecule has 0 spiro atoms. The first-order valence-corrected chi connectivity index (χ1v) is 13.5. The van der Waals surface area contributed by atoms with Gasteiger partial charge >= 0.3 is 17.8 Å². The molecule has 44 heavy (non-hydrogen) atoms. The van der Waals surface area contributed by atoms with Crippen LogP contribution in [0.15, 0.2) is 95.3 Å². The number of allylic oxidation sites excluding steroid dienone is 1. The fraction of sp³-hybridized carbons (Fsp3) is 0.194. The molecule has 1 unspecified atom stereocenters. The lowest BCUT2D eigenvalue weighted by atomic mass is 9.89. The maximum atomic E-state index is 13.6. The predicted molar refractivity (Wildman–Crippen MR) is 152 cm³/mol. The Morgan fingerprint density at radius 2 is 1.95 bits per heavy atom. The first-order valence-electron chi connectivity index (χ1n) is 13.5. The lowest BCUT2D eigenvalue weighted by Crippen LogP contribution is -2.38. The first kappa shape index (κ1) is 28.5. The number of fused-ring (bicyclic) bond motifs is 2. The molecule has 13 heteroatoms. The van der Waals surface area contributed by atoms with Crippen molar-refractivity contribution in [3.05, 3.63) is 123 Å². The minimum Gasteiger partial charge on any atom is -0.466 e. The van der Waals surface area contributed by atoms with Crippen LogP contribution >= 0.6 is 0 Å². The zero-order chi connectivity index (χ0) is 31.2. The van der Waals surface area contributed by atoms with Gasteiger partial charge in [-0.2, -0.15) is 18.4 Å². The highest BCUT2D eigenvalue weighted by molar-refractivity contribution is 5.93. The Bertz CT molecular complexity index is 2050. The van der Waals surface area contributed by atoms with Crippen molar-refractivity contribution in [1.29, 1.82) is 5.26 Å². The fourth-order valence-corrected chi connectivity index (χ4v) is 5.71. The molecule has 1 aliphatic rings. The van der Waals surface area contributed by atoms with E-state index in [2.05, 4.69) is 16.3 Å². The number of nitrogens with one attached hydrogen (secondary N) is 1. The van der Waals surface area contributed by atoms with Crippen LogP contribution in [0.3, 0.4) is 0 Å². The summed E-state index contributed by atoms with van der Waals surface area (Å²) in [7, 11) is 1.19. The third kappa shape index (κ3) is 4.80. The van der Waals surface area contributed by atoms with Gasteiger partial charge in [0.2, 0.25) is 5.95 Å². The van der Waals surface area contributed by atoms with Crippen LogP contribution in [0.2, 0.25) is 0 Å². The van der Waals surface area contributed by atoms with Gasteiger partial charge in [0.05, 0.1) is 42.6 Å². The lowest BCUT2D eigenvalue weighted by molar-refractivity contribution is -0.670. The van der Waals surface area contributed by atoms with Crippen molar-refractivity contribution in [3.8, 4) is 6.07 Å². The first-order chi connectivity index (χ1) is 21.1. The number of hydrogen-bond donors (Lipinski definition) is 1. The number of rotatable bonds is 6. The molecule has 3 aromatic heterocycles. The molecular formula is C31H25F3N7O3+. The second-order valence-corrected chi connectivity index (χ2v) is 10.2. The van der Waals surface area contributed by atoms with Crippen LogP contribution in [0.5, 0.6) is 0 Å². The number of halogens is 3. The van der Waals surface area contributed by atoms with Gasteiger partial charge in [-0.1, -0.05) is 18.2 Å². The van der Waals surface area contributed by atoms with Crippen LogP contribution in [0.1, 0.15) is 35.2 Å². The van der Waals surface area contributed by atoms with E-state index in [9.17, 15) is 28.0 Å². The Hall–Kier alpha value is -5.64. The van der Waals surface area contributed by atoms with Crippen molar-refractivity contribution in [2.45, 2.75) is 32.1 Å². The Balaban J connectivity index is 1.52. The van der Waals surface area contributed by atoms with Gasteiger partial charge in [0.15, 0.2) is 0 Å². The fourth-order valence-electron chi connectivity index (χ4n) is 5.71. The number of aromatic nitrogens is 5. The number of aromatic amines is 1. The normalized spacial score (nSPS) is 14.9. The molecule has 1 aliphatic heterocycles. The number of benzene rings is 2. The van der Waals surface area contributed by atoms with E-state index >= 15 is 0 Å². The van der Waals surface area contributed by atoms with E-state index in [4.69, 9.17) is 4.74 Å². The highest BCUT2D eigenvalue weighted by Crippen LogP contribution is 2.43. The number of hydrogen-bond acceptors (Lipinski definition) is 6. The largest absolute Gasteiger partial charge is 0.466 e. The zero-order valence-corrected chi connectivity index (χ0v) is 23.5. The number of carbonyl (C=O) groups is 1. The third-order valence-corrected chi connectivity index (χ3v) is 7.74. The van der Waals surface area contributed by atoms with Crippen molar-refractivity contribution in [2.75, 3.05) is 12.0 Å². The molecule has 0 saturated carbocycles. The van der Waals surface area contributed by atoms with Crippen molar-refractivity contribution >= 4 is 23.3 Å². The zero-order valence-electron chi connectivity index (χ0n) is 23.5. The monoisotopic (exact) mass is 600 g/mol. The molecule has 0 saturated heterocycles. The van der Waals surface area contributed by atoms with Crippen molar-refractivity contribution in [2.24, 2.45) is 0 Å². The van der Waals surface area contributed by atoms with Gasteiger partial charge in [-0.3, -0.25) is 4.90 Å². The molecule has 0 bridgehead atoms. The molecule has 0 radical (unpaired) electrons. The summed E-state index contributed by atoms with van der Waals surface area (Å²) in [4.78, 5) is 28.1. The summed E-state index contributed by atoms with van der Waals surface area (Å²) in [6, 6.07) is 16.4. The van der Waals surface area contributed by atoms with E-state index in [1.807, 2.05) is 45.8 Å². The van der Waals surface area contributed by atoms with Gasteiger partial charge in [-0.25, -0.2) is 28.2 Å². The average molecular weight is 601 g/mol. The van der Waals surface area contributed by atoms with Gasteiger partial charge in [-0.05, 0) is 54.4 Å². The van der Waals surface area contributed by atoms with Crippen LogP contribution in [-0.2, 0) is 28.7 Å². The summed E-state index contributed by atoms with van der Waals surface area (Å²) in [6.45, 7) is 2.07. The topological polar surface area (TPSA) is 112 Å². The summed E-state index contributed by atoms with van der Waals surface area (Å²) >= 11 is 0. The number of ether oxygens (including phenoxy) is 1. The molecule has 0 fully saturated rings. The van der Waals surface area contributed by atoms with Crippen LogP contribution in [0.4, 0.5) is 24.8 Å². The van der Waals surface area contributed by atoms with Gasteiger partial charge in [-0.15, -0.1) is 5.10 Å². The smallest absolute Gasteiger partial charge is 0.416 e. The Labute approximate surface area is 248 Å². The van der Waals surface area contributed by atoms with Crippen molar-refractivity contribution in [1.82, 2.24) is 19.2 Å². The summed E-state index contributed by atoms with van der Waals surface area (Å²) in [5, 5.41) is 16.2. The van der Waals surface area contributed by atoms with Crippen LogP contribution < -0.4 is 15.2 Å². The highest BCUT2D eigenvalue weighted by Gasteiger charge is 2.41. The maximum Gasteiger partial charge on any atom is 0.416 e. The van der Waals surface area contributed by atoms with E-state index in [0.717, 1.165) is 17.8 Å². The van der Waals surface area contributed by atoms with Crippen molar-refractivity contribution in [3.63, 3.8) is 0 Å². The Kier molecular flexibility index (Phi) is 7.05. The van der Waals surface area contributed by atoms with E-state index in [-0.39, 0.29) is 22.9 Å². The molecule has 0 aliphatic carbocycles. The molecule has 1 N–H and O–H groups in total. The minimum absolute atomic E-state index is 0.00686. The van der Waals surface area contributed by atoms with Gasteiger partial charge in [0, 0.05) is 23.9 Å². The molecular weight excluding hydrogens is 575 g/mol. The quantitative estimate of drug-likeness (QED) is 0.228. The van der Waals surface area contributed by atoms with E-state index < -0.39 is 29.4 Å². The molecule has 222 valence electrons. The second kappa shape index (κ2) is 10.9. The Morgan fingerprint density at radius 1 is 1.14 bits per heavy atom. The number of anilines is 2. The van der Waals surface area contributed by atoms with Crippen LogP contribution in [-0.4, -0.2) is 32.2 Å². The summed E-state index contributed by atoms with van der Waals surface area (Å²) in [5.74, 6) is -0.779. The molecule has 4 heterocycles. The van der Waals surface area contributed by atoms with Gasteiger partial charge < -0.3 is 4.74 Å². The molecule has 5 aromatic rings. The van der Waals surface area contributed by atoms with Gasteiger partial charge in [0.25, 0.3) is 5.65 Å². The average Bonchev–Trinajstić information content (AvgIpc) is 3.61. The number of esters is 1. The van der Waals surface area contributed by atoms with E-state index in [1.54, 1.807) is 25.1 Å². The number of carbonyl (C=O) groups excluding carboxylic acids is 1. The number of pyridine rings is 1. The molecule has 2 aromatic carbocycles. The lowest BCUT2D eigenvalue weighted by Gasteiger charge is -2.36. The SMILES string of the molecule is COC(=O)C1=C(C)N(c2cccc(C(F)(F)F)c2)c2n[nH]c(=O)n2C1c1ccc(C#N)cc1CC[n+]1ccn2ccccc21. The van der Waals surface area contributed by atoms with Gasteiger partial charge in [0.1, 0.15) is 18.4 Å². The third-order valence-electron chi connectivity index (χ3n) is 7.74. The maximum absolute atomic E-state index is 13.6. The standard InChI is InChI=1S/C31H24F3N7O3/c1-19-26(28(42)44-2)27(41-29(36-37-30(41)43)40(19)23-7-5-6-22(17-23)31(32,33)34)24-10-9-20(18-35)16-21(24)11-13-39-15-14-38-12-4-3-8-25(38)39/h3-10,12,14-17,27H,11,13H2,1-2H3/p+1. The summed E-state index contributed by atoms with van der Waals surface area (Å²) in [5.41, 5.74) is 1.30. The van der Waals surface area contributed by atoms with E-state index in [1.165, 1.54) is 28.7 Å². The minimum atomic E-state index is -4.62.